The predicted molar refractivity (Wildman–Crippen MR) is 92.3 cm³/mol. The molecule has 0 saturated carbocycles. The lowest BCUT2D eigenvalue weighted by Crippen LogP contribution is -2.41. The van der Waals surface area contributed by atoms with E-state index in [4.69, 9.17) is 4.74 Å². The van der Waals surface area contributed by atoms with E-state index in [1.807, 2.05) is 4.90 Å². The number of anilines is 1. The molecule has 0 spiro atoms. The predicted octanol–water partition coefficient (Wildman–Crippen LogP) is 2.12. The molecule has 2 rings (SSSR count). The Balaban J connectivity index is 1.88. The van der Waals surface area contributed by atoms with Crippen LogP contribution in [-0.2, 0) is 14.3 Å². The second kappa shape index (κ2) is 8.57. The number of ether oxygens (including phenoxy) is 1. The summed E-state index contributed by atoms with van der Waals surface area (Å²) in [4.78, 5) is 36.4. The topological polar surface area (TPSA) is 102 Å². The summed E-state index contributed by atoms with van der Waals surface area (Å²) in [7, 11) is 0. The molecule has 1 aliphatic heterocycles. The fourth-order valence-electron chi connectivity index (χ4n) is 2.88. The van der Waals surface area contributed by atoms with Crippen LogP contribution in [0.25, 0.3) is 0 Å². The first-order chi connectivity index (χ1) is 11.9. The van der Waals surface area contributed by atoms with Crippen molar-refractivity contribution in [2.24, 2.45) is 5.92 Å². The number of piperidine rings is 1. The first-order valence-electron chi connectivity index (χ1n) is 8.34. The number of likely N-dealkylation sites (tertiary alicyclic amines) is 1. The van der Waals surface area contributed by atoms with Gasteiger partial charge < -0.3 is 10.1 Å². The minimum atomic E-state index is -0.507. The van der Waals surface area contributed by atoms with Crippen molar-refractivity contribution in [2.75, 3.05) is 31.6 Å². The van der Waals surface area contributed by atoms with Crippen molar-refractivity contribution in [3.05, 3.63) is 33.9 Å². The highest BCUT2D eigenvalue weighted by atomic mass is 16.6. The highest BCUT2D eigenvalue weighted by Gasteiger charge is 2.27. The molecule has 136 valence electrons. The third-order valence-electron chi connectivity index (χ3n) is 4.20. The summed E-state index contributed by atoms with van der Waals surface area (Å²) >= 11 is 0. The number of nitrogens with zero attached hydrogens (tertiary/aromatic N) is 2. The van der Waals surface area contributed by atoms with Crippen molar-refractivity contribution >= 4 is 23.3 Å². The maximum absolute atomic E-state index is 12.2. The van der Waals surface area contributed by atoms with Gasteiger partial charge in [0.05, 0.1) is 24.0 Å². The van der Waals surface area contributed by atoms with Crippen LogP contribution in [0.4, 0.5) is 11.4 Å². The summed E-state index contributed by atoms with van der Waals surface area (Å²) in [5.41, 5.74) is 0.835. The van der Waals surface area contributed by atoms with Crippen LogP contribution in [0.5, 0.6) is 0 Å². The summed E-state index contributed by atoms with van der Waals surface area (Å²) in [6.45, 7) is 5.28. The number of nitro benzene ring substituents is 1. The average molecular weight is 349 g/mol. The molecule has 0 radical (unpaired) electrons. The molecular weight excluding hydrogens is 326 g/mol. The molecule has 1 aromatic rings. The maximum atomic E-state index is 12.2. The maximum Gasteiger partial charge on any atom is 0.309 e. The minimum Gasteiger partial charge on any atom is -0.466 e. The quantitative estimate of drug-likeness (QED) is 0.479. The van der Waals surface area contributed by atoms with Crippen molar-refractivity contribution in [1.82, 2.24) is 4.90 Å². The SMILES string of the molecule is CCOC(=O)C1CCN(CC(=O)Nc2ccc(C)cc2[N+](=O)[O-])CC1. The van der Waals surface area contributed by atoms with E-state index in [0.717, 1.165) is 5.56 Å². The van der Waals surface area contributed by atoms with Crippen molar-refractivity contribution in [1.29, 1.82) is 0 Å². The second-order valence-corrected chi connectivity index (χ2v) is 6.13. The Morgan fingerprint density at radius 1 is 1.36 bits per heavy atom. The number of carbonyl (C=O) groups is 2. The van der Waals surface area contributed by atoms with E-state index in [0.29, 0.717) is 32.5 Å². The van der Waals surface area contributed by atoms with Crippen molar-refractivity contribution < 1.29 is 19.2 Å². The van der Waals surface area contributed by atoms with Crippen LogP contribution < -0.4 is 5.32 Å². The summed E-state index contributed by atoms with van der Waals surface area (Å²) in [6.07, 6.45) is 1.30. The van der Waals surface area contributed by atoms with Gasteiger partial charge in [-0.2, -0.15) is 0 Å². The monoisotopic (exact) mass is 349 g/mol. The molecule has 0 aliphatic carbocycles. The lowest BCUT2D eigenvalue weighted by atomic mass is 9.97. The molecule has 1 fully saturated rings. The molecule has 0 atom stereocenters. The lowest BCUT2D eigenvalue weighted by molar-refractivity contribution is -0.384. The van der Waals surface area contributed by atoms with Crippen LogP contribution in [0.1, 0.15) is 25.3 Å². The number of nitro groups is 1. The summed E-state index contributed by atoms with van der Waals surface area (Å²) in [6, 6.07) is 4.69. The number of amides is 1. The number of esters is 1. The van der Waals surface area contributed by atoms with Gasteiger partial charge in [0.1, 0.15) is 5.69 Å². The molecule has 8 nitrogen and oxygen atoms in total. The molecule has 1 heterocycles. The standard InChI is InChI=1S/C17H23N3O5/c1-3-25-17(22)13-6-8-19(9-7-13)11-16(21)18-14-5-4-12(2)10-15(14)20(23)24/h4-5,10,13H,3,6-9,11H2,1-2H3,(H,18,21). The van der Waals surface area contributed by atoms with Crippen LogP contribution in [0.2, 0.25) is 0 Å². The van der Waals surface area contributed by atoms with Gasteiger partial charge in [-0.3, -0.25) is 24.6 Å². The number of aryl methyl sites for hydroxylation is 1. The molecule has 1 N–H and O–H groups in total. The van der Waals surface area contributed by atoms with Gasteiger partial charge in [-0.15, -0.1) is 0 Å². The molecule has 0 unspecified atom stereocenters. The van der Waals surface area contributed by atoms with E-state index < -0.39 is 4.92 Å². The Morgan fingerprint density at radius 2 is 2.04 bits per heavy atom. The van der Waals surface area contributed by atoms with Gasteiger partial charge in [-0.25, -0.2) is 0 Å². The Hall–Kier alpha value is -2.48. The van der Waals surface area contributed by atoms with Crippen molar-refractivity contribution in [2.45, 2.75) is 26.7 Å². The molecule has 1 aliphatic rings. The number of carbonyl (C=O) groups excluding carboxylic acids is 2. The highest BCUT2D eigenvalue weighted by molar-refractivity contribution is 5.94. The van der Waals surface area contributed by atoms with E-state index in [1.165, 1.54) is 6.07 Å². The van der Waals surface area contributed by atoms with Gasteiger partial charge >= 0.3 is 5.97 Å². The third kappa shape index (κ3) is 5.25. The Labute approximate surface area is 146 Å². The Bertz CT molecular complexity index is 654. The summed E-state index contributed by atoms with van der Waals surface area (Å²) in [5, 5.41) is 13.7. The molecule has 0 bridgehead atoms. The van der Waals surface area contributed by atoms with Crippen LogP contribution >= 0.6 is 0 Å². The molecule has 1 aromatic carbocycles. The first kappa shape index (κ1) is 18.9. The molecule has 1 amide bonds. The van der Waals surface area contributed by atoms with Gasteiger partial charge in [0, 0.05) is 6.07 Å². The van der Waals surface area contributed by atoms with Crippen LogP contribution in [-0.4, -0.2) is 47.9 Å². The molecule has 1 saturated heterocycles. The van der Waals surface area contributed by atoms with Gasteiger partial charge in [0.25, 0.3) is 5.69 Å². The number of hydrogen-bond donors (Lipinski definition) is 1. The van der Waals surface area contributed by atoms with Crippen LogP contribution in [0.15, 0.2) is 18.2 Å². The normalized spacial score (nSPS) is 15.6. The van der Waals surface area contributed by atoms with Gasteiger partial charge in [0.15, 0.2) is 0 Å². The first-order valence-corrected chi connectivity index (χ1v) is 8.34. The number of benzene rings is 1. The van der Waals surface area contributed by atoms with Crippen molar-refractivity contribution in [3.63, 3.8) is 0 Å². The van der Waals surface area contributed by atoms with E-state index in [1.54, 1.807) is 26.0 Å². The highest BCUT2D eigenvalue weighted by Crippen LogP contribution is 2.25. The Kier molecular flexibility index (Phi) is 6.46. The zero-order chi connectivity index (χ0) is 18.4. The average Bonchev–Trinajstić information content (AvgIpc) is 2.57. The number of rotatable bonds is 6. The Morgan fingerprint density at radius 3 is 2.64 bits per heavy atom. The van der Waals surface area contributed by atoms with E-state index in [9.17, 15) is 19.7 Å². The molecule has 8 heteroatoms. The van der Waals surface area contributed by atoms with Crippen molar-refractivity contribution in [3.8, 4) is 0 Å². The number of hydrogen-bond acceptors (Lipinski definition) is 6. The zero-order valence-corrected chi connectivity index (χ0v) is 14.5. The fraction of sp³-hybridized carbons (Fsp3) is 0.529. The van der Waals surface area contributed by atoms with E-state index in [2.05, 4.69) is 5.32 Å². The lowest BCUT2D eigenvalue weighted by Gasteiger charge is -2.30. The molecular formula is C17H23N3O5. The zero-order valence-electron chi connectivity index (χ0n) is 14.5. The van der Waals surface area contributed by atoms with Gasteiger partial charge in [0.2, 0.25) is 5.91 Å². The van der Waals surface area contributed by atoms with Crippen LogP contribution in [0.3, 0.4) is 0 Å². The summed E-state index contributed by atoms with van der Waals surface area (Å²) < 4.78 is 5.02. The largest absolute Gasteiger partial charge is 0.466 e. The van der Waals surface area contributed by atoms with E-state index >= 15 is 0 Å². The van der Waals surface area contributed by atoms with Gasteiger partial charge in [-0.1, -0.05) is 6.07 Å². The summed E-state index contributed by atoms with van der Waals surface area (Å²) in [5.74, 6) is -0.596. The molecule has 25 heavy (non-hydrogen) atoms. The van der Waals surface area contributed by atoms with Gasteiger partial charge in [-0.05, 0) is 51.4 Å². The third-order valence-corrected chi connectivity index (χ3v) is 4.20. The van der Waals surface area contributed by atoms with Crippen LogP contribution in [0, 0.1) is 23.0 Å². The van der Waals surface area contributed by atoms with E-state index in [-0.39, 0.29) is 35.7 Å². The fourth-order valence-corrected chi connectivity index (χ4v) is 2.88. The number of nitrogens with one attached hydrogen (secondary N) is 1. The smallest absolute Gasteiger partial charge is 0.309 e. The minimum absolute atomic E-state index is 0.113. The second-order valence-electron chi connectivity index (χ2n) is 6.13. The molecule has 0 aromatic heterocycles.